The van der Waals surface area contributed by atoms with Gasteiger partial charge < -0.3 is 19.2 Å². The minimum atomic E-state index is -0.303. The normalized spacial score (nSPS) is 10.3. The van der Waals surface area contributed by atoms with Gasteiger partial charge in [-0.2, -0.15) is 0 Å². The summed E-state index contributed by atoms with van der Waals surface area (Å²) in [6.45, 7) is 0.415. The molecule has 6 nitrogen and oxygen atoms in total. The van der Waals surface area contributed by atoms with E-state index < -0.39 is 0 Å². The highest BCUT2D eigenvalue weighted by molar-refractivity contribution is 5.97. The second-order valence-corrected chi connectivity index (χ2v) is 5.27. The van der Waals surface area contributed by atoms with Crippen molar-refractivity contribution in [1.29, 1.82) is 0 Å². The molecule has 1 aromatic heterocycles. The summed E-state index contributed by atoms with van der Waals surface area (Å²) in [7, 11) is 3.12. The fraction of sp³-hybridized carbons (Fsp3) is 0.158. The van der Waals surface area contributed by atoms with E-state index in [-0.39, 0.29) is 11.6 Å². The van der Waals surface area contributed by atoms with E-state index in [4.69, 9.17) is 13.9 Å². The number of rotatable bonds is 6. The lowest BCUT2D eigenvalue weighted by Crippen LogP contribution is -2.23. The van der Waals surface area contributed by atoms with Gasteiger partial charge in [-0.05, 0) is 23.8 Å². The van der Waals surface area contributed by atoms with E-state index in [0.29, 0.717) is 29.4 Å². The number of nitrogens with one attached hydrogen (secondary N) is 1. The quantitative estimate of drug-likeness (QED) is 0.746. The molecule has 0 saturated heterocycles. The summed E-state index contributed by atoms with van der Waals surface area (Å²) in [6, 6.07) is 14.9. The summed E-state index contributed by atoms with van der Waals surface area (Å²) >= 11 is 0. The number of amides is 1. The molecule has 2 aromatic carbocycles. The lowest BCUT2D eigenvalue weighted by atomic mass is 10.1. The van der Waals surface area contributed by atoms with Crippen LogP contribution in [0.4, 0.5) is 0 Å². The summed E-state index contributed by atoms with van der Waals surface area (Å²) < 4.78 is 15.9. The number of methoxy groups -OCH3 is 2. The zero-order valence-electron chi connectivity index (χ0n) is 14.0. The molecule has 0 aliphatic rings. The van der Waals surface area contributed by atoms with Crippen molar-refractivity contribution in [2.45, 2.75) is 6.54 Å². The molecule has 0 atom stereocenters. The van der Waals surface area contributed by atoms with Crippen LogP contribution in [0.1, 0.15) is 16.1 Å². The van der Waals surface area contributed by atoms with Gasteiger partial charge in [-0.3, -0.25) is 4.79 Å². The molecule has 1 amide bonds. The van der Waals surface area contributed by atoms with Crippen LogP contribution in [-0.4, -0.2) is 25.1 Å². The fourth-order valence-corrected chi connectivity index (χ4v) is 2.45. The van der Waals surface area contributed by atoms with Crippen molar-refractivity contribution < 1.29 is 18.7 Å². The average molecular weight is 338 g/mol. The van der Waals surface area contributed by atoms with E-state index in [0.717, 1.165) is 5.56 Å². The number of benzene rings is 2. The Labute approximate surface area is 145 Å². The largest absolute Gasteiger partial charge is 0.493 e. The minimum absolute atomic E-state index is 0.225. The summed E-state index contributed by atoms with van der Waals surface area (Å²) in [6.07, 6.45) is 1.25. The van der Waals surface area contributed by atoms with Crippen molar-refractivity contribution in [1.82, 2.24) is 10.3 Å². The summed E-state index contributed by atoms with van der Waals surface area (Å²) in [5.74, 6) is 1.22. The van der Waals surface area contributed by atoms with E-state index in [1.165, 1.54) is 6.39 Å². The van der Waals surface area contributed by atoms with Gasteiger partial charge in [-0.15, -0.1) is 0 Å². The molecule has 0 bridgehead atoms. The molecular formula is C19H18N2O4. The standard InChI is InChI=1S/C19H18N2O4/c1-23-15-9-8-14(10-16(15)24-2)18-17(21-12-25-18)19(22)20-11-13-6-4-3-5-7-13/h3-10,12H,11H2,1-2H3,(H,20,22). The van der Waals surface area contributed by atoms with E-state index in [1.807, 2.05) is 30.3 Å². The molecule has 3 rings (SSSR count). The maximum Gasteiger partial charge on any atom is 0.274 e. The molecule has 1 N–H and O–H groups in total. The Bertz CT molecular complexity index is 859. The van der Waals surface area contributed by atoms with Crippen LogP contribution in [0.2, 0.25) is 0 Å². The van der Waals surface area contributed by atoms with Gasteiger partial charge in [0.2, 0.25) is 0 Å². The SMILES string of the molecule is COc1ccc(-c2ocnc2C(=O)NCc2ccccc2)cc1OC. The zero-order chi connectivity index (χ0) is 17.6. The molecule has 0 spiro atoms. The lowest BCUT2D eigenvalue weighted by molar-refractivity contribution is 0.0946. The summed E-state index contributed by atoms with van der Waals surface area (Å²) in [5.41, 5.74) is 1.91. The monoisotopic (exact) mass is 338 g/mol. The molecule has 6 heteroatoms. The predicted octanol–water partition coefficient (Wildman–Crippen LogP) is 3.29. The van der Waals surface area contributed by atoms with Crippen molar-refractivity contribution in [3.05, 3.63) is 66.2 Å². The number of nitrogens with zero attached hydrogens (tertiary/aromatic N) is 1. The van der Waals surface area contributed by atoms with Crippen molar-refractivity contribution in [2.24, 2.45) is 0 Å². The van der Waals surface area contributed by atoms with Gasteiger partial charge in [0.05, 0.1) is 14.2 Å². The Morgan fingerprint density at radius 3 is 2.56 bits per heavy atom. The second-order valence-electron chi connectivity index (χ2n) is 5.27. The van der Waals surface area contributed by atoms with Crippen molar-refractivity contribution in [3.63, 3.8) is 0 Å². The summed E-state index contributed by atoms with van der Waals surface area (Å²) in [4.78, 5) is 16.5. The Morgan fingerprint density at radius 2 is 1.84 bits per heavy atom. The van der Waals surface area contributed by atoms with Gasteiger partial charge >= 0.3 is 0 Å². The third kappa shape index (κ3) is 3.63. The third-order valence-corrected chi connectivity index (χ3v) is 3.72. The van der Waals surface area contributed by atoms with Crippen molar-refractivity contribution in [2.75, 3.05) is 14.2 Å². The van der Waals surface area contributed by atoms with Crippen molar-refractivity contribution >= 4 is 5.91 Å². The van der Waals surface area contributed by atoms with Crippen LogP contribution < -0.4 is 14.8 Å². The highest BCUT2D eigenvalue weighted by Gasteiger charge is 2.19. The van der Waals surface area contributed by atoms with E-state index in [1.54, 1.807) is 32.4 Å². The number of oxazole rings is 1. The predicted molar refractivity (Wildman–Crippen MR) is 92.7 cm³/mol. The first-order valence-corrected chi connectivity index (χ1v) is 7.71. The van der Waals surface area contributed by atoms with E-state index in [2.05, 4.69) is 10.3 Å². The molecular weight excluding hydrogens is 320 g/mol. The highest BCUT2D eigenvalue weighted by Crippen LogP contribution is 2.33. The van der Waals surface area contributed by atoms with Crippen LogP contribution in [0.15, 0.2) is 59.3 Å². The smallest absolute Gasteiger partial charge is 0.274 e. The topological polar surface area (TPSA) is 73.6 Å². The van der Waals surface area contributed by atoms with Crippen LogP contribution in [0.5, 0.6) is 11.5 Å². The molecule has 0 saturated carbocycles. The van der Waals surface area contributed by atoms with Gasteiger partial charge in [0.25, 0.3) is 5.91 Å². The number of ether oxygens (including phenoxy) is 2. The Balaban J connectivity index is 1.81. The molecule has 128 valence electrons. The second kappa shape index (κ2) is 7.53. The molecule has 0 fully saturated rings. The van der Waals surface area contributed by atoms with Gasteiger partial charge in [-0.25, -0.2) is 4.98 Å². The summed E-state index contributed by atoms with van der Waals surface area (Å²) in [5, 5.41) is 2.85. The number of aromatic nitrogens is 1. The lowest BCUT2D eigenvalue weighted by Gasteiger charge is -2.09. The zero-order valence-corrected chi connectivity index (χ0v) is 14.0. The molecule has 25 heavy (non-hydrogen) atoms. The molecule has 0 unspecified atom stereocenters. The molecule has 0 aliphatic heterocycles. The van der Waals surface area contributed by atoms with E-state index in [9.17, 15) is 4.79 Å². The molecule has 0 aliphatic carbocycles. The first-order valence-electron chi connectivity index (χ1n) is 7.71. The van der Waals surface area contributed by atoms with Crippen LogP contribution in [0, 0.1) is 0 Å². The van der Waals surface area contributed by atoms with Crippen LogP contribution in [-0.2, 0) is 6.54 Å². The molecule has 0 radical (unpaired) electrons. The van der Waals surface area contributed by atoms with Crippen LogP contribution >= 0.6 is 0 Å². The van der Waals surface area contributed by atoms with Gasteiger partial charge in [-0.1, -0.05) is 30.3 Å². The Kier molecular flexibility index (Phi) is 4.99. The maximum absolute atomic E-state index is 12.5. The van der Waals surface area contributed by atoms with E-state index >= 15 is 0 Å². The first-order chi connectivity index (χ1) is 12.2. The van der Waals surface area contributed by atoms with Gasteiger partial charge in [0.1, 0.15) is 0 Å². The number of carbonyl (C=O) groups is 1. The number of carbonyl (C=O) groups excluding carboxylic acids is 1. The first kappa shape index (κ1) is 16.6. The minimum Gasteiger partial charge on any atom is -0.493 e. The Hall–Kier alpha value is -3.28. The number of hydrogen-bond acceptors (Lipinski definition) is 5. The van der Waals surface area contributed by atoms with Gasteiger partial charge in [0, 0.05) is 12.1 Å². The third-order valence-electron chi connectivity index (χ3n) is 3.72. The average Bonchev–Trinajstić information content (AvgIpc) is 3.16. The molecule has 3 aromatic rings. The number of hydrogen-bond donors (Lipinski definition) is 1. The van der Waals surface area contributed by atoms with Crippen molar-refractivity contribution in [3.8, 4) is 22.8 Å². The van der Waals surface area contributed by atoms with Crippen LogP contribution in [0.3, 0.4) is 0 Å². The Morgan fingerprint density at radius 1 is 1.08 bits per heavy atom. The van der Waals surface area contributed by atoms with Crippen LogP contribution in [0.25, 0.3) is 11.3 Å². The molecule has 1 heterocycles. The fourth-order valence-electron chi connectivity index (χ4n) is 2.45. The van der Waals surface area contributed by atoms with Gasteiger partial charge in [0.15, 0.2) is 29.3 Å². The highest BCUT2D eigenvalue weighted by atomic mass is 16.5. The maximum atomic E-state index is 12.5.